The molecule has 7 heteroatoms. The van der Waals surface area contributed by atoms with E-state index in [1.165, 1.54) is 6.33 Å². The van der Waals surface area contributed by atoms with Crippen molar-refractivity contribution < 1.29 is 9.53 Å². The number of urea groups is 1. The van der Waals surface area contributed by atoms with Crippen LogP contribution in [0.4, 0.5) is 10.6 Å². The zero-order valence-corrected chi connectivity index (χ0v) is 13.6. The van der Waals surface area contributed by atoms with Gasteiger partial charge in [-0.1, -0.05) is 12.1 Å². The third-order valence-corrected chi connectivity index (χ3v) is 3.95. The summed E-state index contributed by atoms with van der Waals surface area (Å²) in [6.45, 7) is 1.86. The molecule has 0 saturated carbocycles. The number of amides is 2. The molecule has 1 aliphatic heterocycles. The summed E-state index contributed by atoms with van der Waals surface area (Å²) in [5, 5.41) is 9.02. The van der Waals surface area contributed by atoms with Gasteiger partial charge in [-0.15, -0.1) is 0 Å². The minimum atomic E-state index is -0.239. The number of aromatic nitrogens is 2. The first-order valence-electron chi connectivity index (χ1n) is 7.99. The van der Waals surface area contributed by atoms with Gasteiger partial charge in [0.15, 0.2) is 0 Å². The first-order chi connectivity index (χ1) is 11.7. The van der Waals surface area contributed by atoms with Gasteiger partial charge in [-0.05, 0) is 38.1 Å². The lowest BCUT2D eigenvalue weighted by molar-refractivity contribution is 0.245. The minimum Gasteiger partial charge on any atom is -0.497 e. The van der Waals surface area contributed by atoms with Crippen LogP contribution in [0.15, 0.2) is 36.7 Å². The second kappa shape index (κ2) is 7.74. The summed E-state index contributed by atoms with van der Waals surface area (Å²) in [7, 11) is 1.62. The number of nitrogens with zero attached hydrogens (tertiary/aromatic N) is 2. The van der Waals surface area contributed by atoms with Gasteiger partial charge in [0, 0.05) is 17.7 Å². The Labute approximate surface area is 140 Å². The van der Waals surface area contributed by atoms with Gasteiger partial charge in [0.05, 0.1) is 12.8 Å². The van der Waals surface area contributed by atoms with Crippen molar-refractivity contribution in [3.8, 4) is 17.0 Å². The third kappa shape index (κ3) is 4.20. The van der Waals surface area contributed by atoms with Crippen LogP contribution >= 0.6 is 0 Å². The van der Waals surface area contributed by atoms with Crippen molar-refractivity contribution in [2.75, 3.05) is 25.5 Å². The summed E-state index contributed by atoms with van der Waals surface area (Å²) in [5.74, 6) is 1.22. The average Bonchev–Trinajstić information content (AvgIpc) is 2.63. The number of carbonyl (C=O) groups excluding carboxylic acids is 1. The molecule has 1 fully saturated rings. The molecule has 0 atom stereocenters. The molecule has 2 heterocycles. The van der Waals surface area contributed by atoms with Crippen LogP contribution in [-0.4, -0.2) is 42.2 Å². The first-order valence-corrected chi connectivity index (χ1v) is 7.99. The second-order valence-corrected chi connectivity index (χ2v) is 5.64. The van der Waals surface area contributed by atoms with Crippen LogP contribution in [0.25, 0.3) is 11.3 Å². The van der Waals surface area contributed by atoms with Gasteiger partial charge in [-0.3, -0.25) is 5.32 Å². The number of benzene rings is 1. The highest BCUT2D eigenvalue weighted by molar-refractivity contribution is 5.89. The van der Waals surface area contributed by atoms with Gasteiger partial charge in [-0.2, -0.15) is 0 Å². The number of rotatable bonds is 4. The predicted molar refractivity (Wildman–Crippen MR) is 92.1 cm³/mol. The summed E-state index contributed by atoms with van der Waals surface area (Å²) in [6, 6.07) is 9.30. The van der Waals surface area contributed by atoms with Crippen molar-refractivity contribution in [2.24, 2.45) is 0 Å². The topological polar surface area (TPSA) is 88.2 Å². The Balaban J connectivity index is 1.67. The second-order valence-electron chi connectivity index (χ2n) is 5.64. The van der Waals surface area contributed by atoms with Crippen LogP contribution < -0.4 is 20.7 Å². The molecular weight excluding hydrogens is 306 g/mol. The van der Waals surface area contributed by atoms with Crippen molar-refractivity contribution in [3.63, 3.8) is 0 Å². The minimum absolute atomic E-state index is 0.200. The van der Waals surface area contributed by atoms with E-state index in [1.807, 2.05) is 24.3 Å². The summed E-state index contributed by atoms with van der Waals surface area (Å²) in [6.07, 6.45) is 3.31. The largest absolute Gasteiger partial charge is 0.497 e. The molecule has 0 unspecified atom stereocenters. The van der Waals surface area contributed by atoms with E-state index in [0.717, 1.165) is 42.9 Å². The van der Waals surface area contributed by atoms with Crippen molar-refractivity contribution >= 4 is 11.8 Å². The smallest absolute Gasteiger partial charge is 0.320 e. The predicted octanol–water partition coefficient (Wildman–Crippen LogP) is 2.03. The Bertz CT molecular complexity index is 701. The summed E-state index contributed by atoms with van der Waals surface area (Å²) in [5.41, 5.74) is 1.62. The average molecular weight is 327 g/mol. The number of anilines is 1. The summed E-state index contributed by atoms with van der Waals surface area (Å²) < 4.78 is 5.23. The lowest BCUT2D eigenvalue weighted by Gasteiger charge is -2.23. The molecule has 1 aromatic carbocycles. The Hall–Kier alpha value is -2.67. The van der Waals surface area contributed by atoms with Gasteiger partial charge < -0.3 is 15.4 Å². The number of nitrogens with one attached hydrogen (secondary N) is 3. The molecule has 1 saturated heterocycles. The summed E-state index contributed by atoms with van der Waals surface area (Å²) >= 11 is 0. The van der Waals surface area contributed by atoms with Crippen LogP contribution in [0.2, 0.25) is 0 Å². The van der Waals surface area contributed by atoms with Gasteiger partial charge >= 0.3 is 6.03 Å². The highest BCUT2D eigenvalue weighted by Gasteiger charge is 2.15. The molecule has 0 spiro atoms. The Kier molecular flexibility index (Phi) is 5.22. The molecule has 0 radical (unpaired) electrons. The SMILES string of the molecule is COc1cccc(-c2cc(NC(=O)NC3CCNCC3)ncn2)c1. The van der Waals surface area contributed by atoms with Gasteiger partial charge in [0.1, 0.15) is 17.9 Å². The molecule has 2 amide bonds. The number of methoxy groups -OCH3 is 1. The standard InChI is InChI=1S/C17H21N5O2/c1-24-14-4-2-3-12(9-14)15-10-16(20-11-19-15)22-17(23)21-13-5-7-18-8-6-13/h2-4,9-11,13,18H,5-8H2,1H3,(H2,19,20,21,22,23). The zero-order chi connectivity index (χ0) is 16.8. The van der Waals surface area contributed by atoms with E-state index in [4.69, 9.17) is 4.74 Å². The van der Waals surface area contributed by atoms with Crippen LogP contribution in [0.3, 0.4) is 0 Å². The van der Waals surface area contributed by atoms with E-state index in [0.29, 0.717) is 5.82 Å². The Morgan fingerprint density at radius 2 is 2.08 bits per heavy atom. The highest BCUT2D eigenvalue weighted by atomic mass is 16.5. The van der Waals surface area contributed by atoms with E-state index in [9.17, 15) is 4.79 Å². The fourth-order valence-electron chi connectivity index (χ4n) is 2.67. The number of piperidine rings is 1. The summed E-state index contributed by atoms with van der Waals surface area (Å²) in [4.78, 5) is 20.5. The van der Waals surface area contributed by atoms with Crippen LogP contribution in [-0.2, 0) is 0 Å². The molecule has 24 heavy (non-hydrogen) atoms. The quantitative estimate of drug-likeness (QED) is 0.800. The number of hydrogen-bond acceptors (Lipinski definition) is 5. The monoisotopic (exact) mass is 327 g/mol. The molecule has 0 bridgehead atoms. The normalized spacial score (nSPS) is 14.9. The zero-order valence-electron chi connectivity index (χ0n) is 13.6. The maximum Gasteiger partial charge on any atom is 0.320 e. The third-order valence-electron chi connectivity index (χ3n) is 3.95. The molecule has 7 nitrogen and oxygen atoms in total. The van der Waals surface area contributed by atoms with Crippen LogP contribution in [0.1, 0.15) is 12.8 Å². The van der Waals surface area contributed by atoms with Gasteiger partial charge in [0.25, 0.3) is 0 Å². The lowest BCUT2D eigenvalue weighted by Crippen LogP contribution is -2.44. The van der Waals surface area contributed by atoms with E-state index in [-0.39, 0.29) is 12.1 Å². The molecule has 3 N–H and O–H groups in total. The van der Waals surface area contributed by atoms with E-state index >= 15 is 0 Å². The van der Waals surface area contributed by atoms with Gasteiger partial charge in [-0.25, -0.2) is 14.8 Å². The number of carbonyl (C=O) groups is 1. The van der Waals surface area contributed by atoms with E-state index < -0.39 is 0 Å². The lowest BCUT2D eigenvalue weighted by atomic mass is 10.1. The molecule has 3 rings (SSSR count). The maximum atomic E-state index is 12.1. The first kappa shape index (κ1) is 16.2. The fraction of sp³-hybridized carbons (Fsp3) is 0.353. The molecule has 1 aromatic heterocycles. The maximum absolute atomic E-state index is 12.1. The number of hydrogen-bond donors (Lipinski definition) is 3. The van der Waals surface area contributed by atoms with Crippen molar-refractivity contribution in [3.05, 3.63) is 36.7 Å². The Morgan fingerprint density at radius 1 is 1.25 bits per heavy atom. The highest BCUT2D eigenvalue weighted by Crippen LogP contribution is 2.23. The van der Waals surface area contributed by atoms with Gasteiger partial charge in [0.2, 0.25) is 0 Å². The molecule has 1 aliphatic rings. The van der Waals surface area contributed by atoms with Crippen LogP contribution in [0.5, 0.6) is 5.75 Å². The fourth-order valence-corrected chi connectivity index (χ4v) is 2.67. The van der Waals surface area contributed by atoms with Crippen molar-refractivity contribution in [1.29, 1.82) is 0 Å². The van der Waals surface area contributed by atoms with Crippen molar-refractivity contribution in [2.45, 2.75) is 18.9 Å². The number of ether oxygens (including phenoxy) is 1. The molecule has 2 aromatic rings. The molecule has 0 aliphatic carbocycles. The van der Waals surface area contributed by atoms with Crippen molar-refractivity contribution in [1.82, 2.24) is 20.6 Å². The van der Waals surface area contributed by atoms with E-state index in [1.54, 1.807) is 13.2 Å². The molecule has 126 valence electrons. The van der Waals surface area contributed by atoms with E-state index in [2.05, 4.69) is 25.9 Å². The molecular formula is C17H21N5O2. The van der Waals surface area contributed by atoms with Crippen LogP contribution in [0, 0.1) is 0 Å². The Morgan fingerprint density at radius 3 is 2.88 bits per heavy atom.